The Balaban J connectivity index is 1.93. The second kappa shape index (κ2) is 7.11. The van der Waals surface area contributed by atoms with Crippen molar-refractivity contribution in [2.45, 2.75) is 55.2 Å². The Morgan fingerprint density at radius 3 is 2.48 bits per heavy atom. The van der Waals surface area contributed by atoms with Crippen LogP contribution in [0.3, 0.4) is 0 Å². The van der Waals surface area contributed by atoms with Gasteiger partial charge in [0.15, 0.2) is 0 Å². The largest absolute Gasteiger partial charge is 0.312 e. The van der Waals surface area contributed by atoms with Gasteiger partial charge < -0.3 is 5.32 Å². The van der Waals surface area contributed by atoms with Gasteiger partial charge >= 0.3 is 0 Å². The zero-order valence-electron chi connectivity index (χ0n) is 14.4. The van der Waals surface area contributed by atoms with Crippen LogP contribution in [0.4, 0.5) is 0 Å². The highest BCUT2D eigenvalue weighted by molar-refractivity contribution is 8.00. The zero-order chi connectivity index (χ0) is 16.3. The van der Waals surface area contributed by atoms with Crippen molar-refractivity contribution in [2.75, 3.05) is 6.54 Å². The van der Waals surface area contributed by atoms with Gasteiger partial charge in [-0.15, -0.1) is 11.8 Å². The van der Waals surface area contributed by atoms with E-state index in [4.69, 9.17) is 0 Å². The number of fused-ring (bicyclic) bond motifs is 1. The van der Waals surface area contributed by atoms with Crippen LogP contribution in [-0.4, -0.2) is 17.8 Å². The molecule has 2 atom stereocenters. The molecule has 0 spiro atoms. The van der Waals surface area contributed by atoms with Gasteiger partial charge in [-0.05, 0) is 42.6 Å². The van der Waals surface area contributed by atoms with Gasteiger partial charge in [0.25, 0.3) is 0 Å². The third-order valence-electron chi connectivity index (χ3n) is 4.93. The first-order chi connectivity index (χ1) is 11.1. The lowest BCUT2D eigenvalue weighted by atomic mass is 9.69. The van der Waals surface area contributed by atoms with Gasteiger partial charge in [-0.2, -0.15) is 0 Å². The van der Waals surface area contributed by atoms with Gasteiger partial charge in [-0.3, -0.25) is 0 Å². The third-order valence-corrected chi connectivity index (χ3v) is 6.21. The Bertz CT molecular complexity index is 635. The highest BCUT2D eigenvalue weighted by Crippen LogP contribution is 2.43. The molecular formula is C21H27NS. The van der Waals surface area contributed by atoms with E-state index >= 15 is 0 Å². The molecule has 122 valence electrons. The Morgan fingerprint density at radius 2 is 1.74 bits per heavy atom. The molecule has 0 amide bonds. The van der Waals surface area contributed by atoms with Crippen LogP contribution in [0.15, 0.2) is 59.5 Å². The molecule has 0 fully saturated rings. The molecule has 0 bridgehead atoms. The fraction of sp³-hybridized carbons (Fsp3) is 0.429. The maximum absolute atomic E-state index is 3.85. The minimum Gasteiger partial charge on any atom is -0.312 e. The second-order valence-electron chi connectivity index (χ2n) is 6.98. The van der Waals surface area contributed by atoms with Crippen LogP contribution in [0.25, 0.3) is 0 Å². The molecule has 2 aromatic rings. The molecule has 1 aliphatic rings. The zero-order valence-corrected chi connectivity index (χ0v) is 15.2. The fourth-order valence-corrected chi connectivity index (χ4v) is 5.26. The first-order valence-electron chi connectivity index (χ1n) is 8.66. The number of hydrogen-bond donors (Lipinski definition) is 1. The van der Waals surface area contributed by atoms with E-state index in [2.05, 4.69) is 80.7 Å². The Morgan fingerprint density at radius 1 is 1.04 bits per heavy atom. The third kappa shape index (κ3) is 3.49. The number of benzene rings is 2. The van der Waals surface area contributed by atoms with Crippen LogP contribution in [0.5, 0.6) is 0 Å². The van der Waals surface area contributed by atoms with Crippen molar-refractivity contribution in [2.24, 2.45) is 0 Å². The van der Waals surface area contributed by atoms with Crippen LogP contribution >= 0.6 is 11.8 Å². The van der Waals surface area contributed by atoms with Crippen LogP contribution in [0.2, 0.25) is 0 Å². The summed E-state index contributed by atoms with van der Waals surface area (Å²) in [6.07, 6.45) is 2.32. The summed E-state index contributed by atoms with van der Waals surface area (Å²) in [5.74, 6) is 0. The maximum atomic E-state index is 3.85. The number of rotatable bonds is 5. The molecule has 2 unspecified atom stereocenters. The van der Waals surface area contributed by atoms with Crippen molar-refractivity contribution in [3.63, 3.8) is 0 Å². The van der Waals surface area contributed by atoms with Crippen LogP contribution in [-0.2, 0) is 11.8 Å². The molecule has 0 saturated heterocycles. The molecule has 0 saturated carbocycles. The Kier molecular flexibility index (Phi) is 5.13. The minimum atomic E-state index is 0.149. The predicted molar refractivity (Wildman–Crippen MR) is 101 cm³/mol. The summed E-state index contributed by atoms with van der Waals surface area (Å²) in [5, 5.41) is 4.42. The first kappa shape index (κ1) is 16.6. The molecule has 2 aromatic carbocycles. The quantitative estimate of drug-likeness (QED) is 0.825. The Labute approximate surface area is 144 Å². The summed E-state index contributed by atoms with van der Waals surface area (Å²) < 4.78 is 0. The van der Waals surface area contributed by atoms with Crippen molar-refractivity contribution in [3.8, 4) is 0 Å². The molecule has 3 rings (SSSR count). The van der Waals surface area contributed by atoms with E-state index in [-0.39, 0.29) is 5.41 Å². The summed E-state index contributed by atoms with van der Waals surface area (Å²) >= 11 is 2.03. The van der Waals surface area contributed by atoms with E-state index in [0.29, 0.717) is 11.3 Å². The van der Waals surface area contributed by atoms with Crippen LogP contribution in [0, 0.1) is 0 Å². The van der Waals surface area contributed by atoms with Gasteiger partial charge in [0, 0.05) is 21.6 Å². The Hall–Kier alpha value is -1.25. The summed E-state index contributed by atoms with van der Waals surface area (Å²) in [6, 6.07) is 20.3. The van der Waals surface area contributed by atoms with Crippen LogP contribution in [0.1, 0.15) is 38.3 Å². The van der Waals surface area contributed by atoms with Crippen molar-refractivity contribution in [3.05, 3.63) is 65.7 Å². The van der Waals surface area contributed by atoms with E-state index < -0.39 is 0 Å². The average molecular weight is 326 g/mol. The van der Waals surface area contributed by atoms with E-state index in [0.717, 1.165) is 13.0 Å². The van der Waals surface area contributed by atoms with Crippen molar-refractivity contribution in [1.82, 2.24) is 5.32 Å². The molecule has 2 heteroatoms. The monoisotopic (exact) mass is 325 g/mol. The maximum Gasteiger partial charge on any atom is 0.0297 e. The van der Waals surface area contributed by atoms with E-state index in [1.807, 2.05) is 11.8 Å². The molecule has 0 aliphatic heterocycles. The molecule has 0 heterocycles. The highest BCUT2D eigenvalue weighted by Gasteiger charge is 2.42. The molecule has 1 nitrogen and oxygen atoms in total. The fourth-order valence-electron chi connectivity index (χ4n) is 3.76. The number of hydrogen-bond acceptors (Lipinski definition) is 2. The van der Waals surface area contributed by atoms with Gasteiger partial charge in [-0.1, -0.05) is 63.2 Å². The van der Waals surface area contributed by atoms with Crippen molar-refractivity contribution >= 4 is 11.8 Å². The van der Waals surface area contributed by atoms with Gasteiger partial charge in [0.2, 0.25) is 0 Å². The summed E-state index contributed by atoms with van der Waals surface area (Å²) in [4.78, 5) is 1.37. The lowest BCUT2D eigenvalue weighted by Gasteiger charge is -2.45. The normalized spacial score (nSPS) is 22.6. The number of thioether (sulfide) groups is 1. The number of nitrogens with one attached hydrogen (secondary N) is 1. The van der Waals surface area contributed by atoms with Crippen LogP contribution < -0.4 is 5.32 Å². The average Bonchev–Trinajstić information content (AvgIpc) is 2.55. The SMILES string of the molecule is CCCNC1C(Sc2ccccc2)Cc2ccccc2C1(C)C. The smallest absolute Gasteiger partial charge is 0.0297 e. The van der Waals surface area contributed by atoms with E-state index in [1.54, 1.807) is 0 Å². The van der Waals surface area contributed by atoms with Crippen molar-refractivity contribution < 1.29 is 0 Å². The second-order valence-corrected chi connectivity index (χ2v) is 8.30. The molecular weight excluding hydrogens is 298 g/mol. The predicted octanol–water partition coefficient (Wildman–Crippen LogP) is 5.05. The lowest BCUT2D eigenvalue weighted by molar-refractivity contribution is 0.311. The molecule has 1 aliphatic carbocycles. The molecule has 0 aromatic heterocycles. The van der Waals surface area contributed by atoms with Gasteiger partial charge in [0.1, 0.15) is 0 Å². The summed E-state index contributed by atoms with van der Waals surface area (Å²) in [7, 11) is 0. The minimum absolute atomic E-state index is 0.149. The molecule has 1 N–H and O–H groups in total. The van der Waals surface area contributed by atoms with Gasteiger partial charge in [-0.25, -0.2) is 0 Å². The molecule has 0 radical (unpaired) electrons. The van der Waals surface area contributed by atoms with E-state index in [9.17, 15) is 0 Å². The first-order valence-corrected chi connectivity index (χ1v) is 9.54. The van der Waals surface area contributed by atoms with Gasteiger partial charge in [0.05, 0.1) is 0 Å². The summed E-state index contributed by atoms with van der Waals surface area (Å²) in [5.41, 5.74) is 3.18. The summed E-state index contributed by atoms with van der Waals surface area (Å²) in [6.45, 7) is 8.13. The van der Waals surface area contributed by atoms with E-state index in [1.165, 1.54) is 22.4 Å². The highest BCUT2D eigenvalue weighted by atomic mass is 32.2. The molecule has 23 heavy (non-hydrogen) atoms. The lowest BCUT2D eigenvalue weighted by Crippen LogP contribution is -2.55. The van der Waals surface area contributed by atoms with Crippen molar-refractivity contribution in [1.29, 1.82) is 0 Å². The standard InChI is InChI=1S/C21H27NS/c1-4-14-22-20-19(23-17-11-6-5-7-12-17)15-16-10-8-9-13-18(16)21(20,2)3/h5-13,19-20,22H,4,14-15H2,1-3H3. The topological polar surface area (TPSA) is 12.0 Å².